The number of hydrogen-bond donors (Lipinski definition) is 1. The van der Waals surface area contributed by atoms with Gasteiger partial charge >= 0.3 is 0 Å². The van der Waals surface area contributed by atoms with Crippen molar-refractivity contribution in [2.24, 2.45) is 5.92 Å². The van der Waals surface area contributed by atoms with E-state index >= 15 is 0 Å². The largest absolute Gasteiger partial charge is 0.454 e. The van der Waals surface area contributed by atoms with E-state index in [2.05, 4.69) is 5.32 Å². The predicted octanol–water partition coefficient (Wildman–Crippen LogP) is 0.983. The molecule has 19 heavy (non-hydrogen) atoms. The number of rotatable bonds is 3. The average molecular weight is 262 g/mol. The molecule has 2 aliphatic heterocycles. The molecule has 1 N–H and O–H groups in total. The smallest absolute Gasteiger partial charge is 0.231 e. The van der Waals surface area contributed by atoms with Crippen molar-refractivity contribution in [1.82, 2.24) is 10.2 Å². The van der Waals surface area contributed by atoms with Crippen LogP contribution in [0.1, 0.15) is 12.0 Å². The third kappa shape index (κ3) is 2.51. The van der Waals surface area contributed by atoms with E-state index in [1.54, 1.807) is 4.90 Å². The van der Waals surface area contributed by atoms with E-state index in [1.165, 1.54) is 0 Å². The van der Waals surface area contributed by atoms with Gasteiger partial charge in [-0.25, -0.2) is 0 Å². The van der Waals surface area contributed by atoms with E-state index in [4.69, 9.17) is 9.47 Å². The van der Waals surface area contributed by atoms with E-state index in [0.29, 0.717) is 6.54 Å². The van der Waals surface area contributed by atoms with Crippen molar-refractivity contribution < 1.29 is 14.3 Å². The monoisotopic (exact) mass is 262 g/mol. The zero-order valence-electron chi connectivity index (χ0n) is 11.0. The van der Waals surface area contributed by atoms with Crippen LogP contribution in [0, 0.1) is 5.92 Å². The van der Waals surface area contributed by atoms with Gasteiger partial charge in [-0.15, -0.1) is 0 Å². The topological polar surface area (TPSA) is 50.8 Å². The van der Waals surface area contributed by atoms with Crippen molar-refractivity contribution in [3.63, 3.8) is 0 Å². The molecule has 0 radical (unpaired) electrons. The van der Waals surface area contributed by atoms with Crippen LogP contribution in [0.4, 0.5) is 0 Å². The lowest BCUT2D eigenvalue weighted by Crippen LogP contribution is -2.33. The van der Waals surface area contributed by atoms with E-state index in [9.17, 15) is 4.79 Å². The highest BCUT2D eigenvalue weighted by Crippen LogP contribution is 2.32. The zero-order valence-corrected chi connectivity index (χ0v) is 11.0. The molecule has 5 heteroatoms. The van der Waals surface area contributed by atoms with E-state index < -0.39 is 0 Å². The van der Waals surface area contributed by atoms with Gasteiger partial charge in [-0.3, -0.25) is 4.79 Å². The minimum absolute atomic E-state index is 0.124. The van der Waals surface area contributed by atoms with Crippen molar-refractivity contribution in [3.05, 3.63) is 23.8 Å². The first-order valence-corrected chi connectivity index (χ1v) is 6.58. The van der Waals surface area contributed by atoms with Crippen LogP contribution in [-0.2, 0) is 11.3 Å². The Labute approximate surface area is 112 Å². The van der Waals surface area contributed by atoms with Crippen LogP contribution in [0.5, 0.6) is 11.5 Å². The SMILES string of the molecule is CN(Cc1ccc2c(c1)OCO2)C(=O)[C@H]1CCNC1. The molecule has 102 valence electrons. The maximum absolute atomic E-state index is 12.2. The molecular weight excluding hydrogens is 244 g/mol. The maximum Gasteiger partial charge on any atom is 0.231 e. The van der Waals surface area contributed by atoms with Gasteiger partial charge in [0.05, 0.1) is 5.92 Å². The zero-order chi connectivity index (χ0) is 13.2. The van der Waals surface area contributed by atoms with Gasteiger partial charge in [-0.2, -0.15) is 0 Å². The summed E-state index contributed by atoms with van der Waals surface area (Å²) in [6.45, 7) is 2.62. The number of benzene rings is 1. The average Bonchev–Trinajstić information content (AvgIpc) is 3.08. The van der Waals surface area contributed by atoms with Gasteiger partial charge in [-0.1, -0.05) is 6.07 Å². The standard InChI is InChI=1S/C14H18N2O3/c1-16(14(17)11-4-5-15-7-11)8-10-2-3-12-13(6-10)19-9-18-12/h2-3,6,11,15H,4-5,7-9H2,1H3/t11-/m0/s1. The minimum Gasteiger partial charge on any atom is -0.454 e. The molecule has 1 fully saturated rings. The van der Waals surface area contributed by atoms with Crippen LogP contribution < -0.4 is 14.8 Å². The van der Waals surface area contributed by atoms with Gasteiger partial charge in [0.15, 0.2) is 11.5 Å². The van der Waals surface area contributed by atoms with Crippen LogP contribution in [0.2, 0.25) is 0 Å². The Kier molecular flexibility index (Phi) is 3.29. The second-order valence-electron chi connectivity index (χ2n) is 5.07. The summed E-state index contributed by atoms with van der Waals surface area (Å²) in [7, 11) is 1.85. The second-order valence-corrected chi connectivity index (χ2v) is 5.07. The minimum atomic E-state index is 0.124. The quantitative estimate of drug-likeness (QED) is 0.882. The van der Waals surface area contributed by atoms with Crippen LogP contribution >= 0.6 is 0 Å². The van der Waals surface area contributed by atoms with Crippen LogP contribution in [0.25, 0.3) is 0 Å². The molecule has 1 saturated heterocycles. The molecule has 0 saturated carbocycles. The summed E-state index contributed by atoms with van der Waals surface area (Å²) in [6.07, 6.45) is 0.935. The Balaban J connectivity index is 1.65. The predicted molar refractivity (Wildman–Crippen MR) is 70.0 cm³/mol. The van der Waals surface area contributed by atoms with Gasteiger partial charge in [0.2, 0.25) is 12.7 Å². The van der Waals surface area contributed by atoms with E-state index in [1.807, 2.05) is 25.2 Å². The van der Waals surface area contributed by atoms with Gasteiger partial charge < -0.3 is 19.7 Å². The van der Waals surface area contributed by atoms with Crippen LogP contribution in [-0.4, -0.2) is 37.7 Å². The molecule has 1 aromatic carbocycles. The summed E-state index contributed by atoms with van der Waals surface area (Å²) in [5, 5.41) is 3.22. The summed E-state index contributed by atoms with van der Waals surface area (Å²) in [5.74, 6) is 1.88. The van der Waals surface area contributed by atoms with Crippen molar-refractivity contribution in [3.8, 4) is 11.5 Å². The number of nitrogens with zero attached hydrogens (tertiary/aromatic N) is 1. The number of ether oxygens (including phenoxy) is 2. The molecule has 0 bridgehead atoms. The molecule has 0 spiro atoms. The molecular formula is C14H18N2O3. The summed E-state index contributed by atoms with van der Waals surface area (Å²) < 4.78 is 10.6. The first-order valence-electron chi connectivity index (χ1n) is 6.58. The van der Waals surface area contributed by atoms with E-state index in [0.717, 1.165) is 36.6 Å². The normalized spacial score (nSPS) is 20.6. The lowest BCUT2D eigenvalue weighted by molar-refractivity contribution is -0.134. The summed E-state index contributed by atoms with van der Waals surface area (Å²) in [4.78, 5) is 14.0. The Morgan fingerprint density at radius 1 is 1.42 bits per heavy atom. The Bertz CT molecular complexity index is 484. The van der Waals surface area contributed by atoms with Gasteiger partial charge in [0.1, 0.15) is 0 Å². The molecule has 1 amide bonds. The molecule has 5 nitrogen and oxygen atoms in total. The maximum atomic E-state index is 12.2. The number of carbonyl (C=O) groups excluding carboxylic acids is 1. The number of carbonyl (C=O) groups is 1. The van der Waals surface area contributed by atoms with Crippen LogP contribution in [0.3, 0.4) is 0 Å². The lowest BCUT2D eigenvalue weighted by atomic mass is 10.1. The highest BCUT2D eigenvalue weighted by molar-refractivity contribution is 5.79. The lowest BCUT2D eigenvalue weighted by Gasteiger charge is -2.20. The fourth-order valence-corrected chi connectivity index (χ4v) is 2.57. The summed E-state index contributed by atoms with van der Waals surface area (Å²) in [5.41, 5.74) is 1.06. The molecule has 1 atom stereocenters. The van der Waals surface area contributed by atoms with Crippen LogP contribution in [0.15, 0.2) is 18.2 Å². The Morgan fingerprint density at radius 2 is 2.26 bits per heavy atom. The molecule has 2 aliphatic rings. The highest BCUT2D eigenvalue weighted by atomic mass is 16.7. The third-order valence-electron chi connectivity index (χ3n) is 3.64. The fraction of sp³-hybridized carbons (Fsp3) is 0.500. The first kappa shape index (κ1) is 12.3. The van der Waals surface area contributed by atoms with Crippen molar-refractivity contribution >= 4 is 5.91 Å². The summed E-state index contributed by atoms with van der Waals surface area (Å²) >= 11 is 0. The molecule has 0 unspecified atom stereocenters. The molecule has 0 aliphatic carbocycles. The van der Waals surface area contributed by atoms with Crippen molar-refractivity contribution in [1.29, 1.82) is 0 Å². The van der Waals surface area contributed by atoms with Gasteiger partial charge in [0, 0.05) is 20.1 Å². The molecule has 3 rings (SSSR count). The number of nitrogens with one attached hydrogen (secondary N) is 1. The Hall–Kier alpha value is -1.75. The number of hydrogen-bond acceptors (Lipinski definition) is 4. The highest BCUT2D eigenvalue weighted by Gasteiger charge is 2.25. The number of amides is 1. The number of fused-ring (bicyclic) bond motifs is 1. The molecule has 1 aromatic rings. The van der Waals surface area contributed by atoms with Gasteiger partial charge in [-0.05, 0) is 30.7 Å². The van der Waals surface area contributed by atoms with Crippen molar-refractivity contribution in [2.75, 3.05) is 26.9 Å². The first-order chi connectivity index (χ1) is 9.24. The molecule has 0 aromatic heterocycles. The van der Waals surface area contributed by atoms with Gasteiger partial charge in [0.25, 0.3) is 0 Å². The second kappa shape index (κ2) is 5.09. The fourth-order valence-electron chi connectivity index (χ4n) is 2.57. The third-order valence-corrected chi connectivity index (χ3v) is 3.64. The Morgan fingerprint density at radius 3 is 3.05 bits per heavy atom. The summed E-state index contributed by atoms with van der Waals surface area (Å²) in [6, 6.07) is 5.82. The van der Waals surface area contributed by atoms with Crippen molar-refractivity contribution in [2.45, 2.75) is 13.0 Å². The molecule has 2 heterocycles. The van der Waals surface area contributed by atoms with E-state index in [-0.39, 0.29) is 18.6 Å².